The quantitative estimate of drug-likeness (QED) is 0.899. The molecule has 1 aliphatic rings. The molecule has 2 atom stereocenters. The number of halogens is 1. The van der Waals surface area contributed by atoms with E-state index in [2.05, 4.69) is 24.3 Å². The summed E-state index contributed by atoms with van der Waals surface area (Å²) >= 11 is 6.25. The number of carbonyl (C=O) groups is 1. The van der Waals surface area contributed by atoms with Crippen molar-refractivity contribution in [2.75, 3.05) is 13.1 Å². The van der Waals surface area contributed by atoms with Gasteiger partial charge in [-0.1, -0.05) is 11.6 Å². The number of hydrogen-bond donors (Lipinski definition) is 1. The number of hydrogen-bond acceptors (Lipinski definition) is 3. The van der Waals surface area contributed by atoms with Gasteiger partial charge in [0.05, 0.1) is 11.3 Å². The largest absolute Gasteiger partial charge is 0.335 e. The molecule has 19 heavy (non-hydrogen) atoms. The molecule has 1 aromatic heterocycles. The number of amides is 1. The van der Waals surface area contributed by atoms with Gasteiger partial charge in [0.25, 0.3) is 5.91 Å². The lowest BCUT2D eigenvalue weighted by Gasteiger charge is -2.36. The van der Waals surface area contributed by atoms with Crippen LogP contribution in [0.25, 0.3) is 0 Å². The Bertz CT molecular complexity index is 475. The normalized spacial score (nSPS) is 23.7. The third kappa shape index (κ3) is 2.77. The van der Waals surface area contributed by atoms with E-state index in [1.165, 1.54) is 0 Å². The van der Waals surface area contributed by atoms with Crippen molar-refractivity contribution < 1.29 is 4.79 Å². The highest BCUT2D eigenvalue weighted by Crippen LogP contribution is 2.22. The summed E-state index contributed by atoms with van der Waals surface area (Å²) in [6.07, 6.45) is 0. The van der Waals surface area contributed by atoms with E-state index in [1.807, 2.05) is 18.7 Å². The molecule has 2 heterocycles. The SMILES string of the molecule is CCn1nc(C)c(C(=O)N2C[C@@H](C)N[C@H](C)C2)c1Cl. The first-order chi connectivity index (χ1) is 8.93. The second-order valence-electron chi connectivity index (χ2n) is 5.25. The molecular formula is C13H21ClN4O. The average Bonchev–Trinajstić information content (AvgIpc) is 2.62. The van der Waals surface area contributed by atoms with Crippen LogP contribution in [0, 0.1) is 6.92 Å². The molecule has 1 aliphatic heterocycles. The maximum Gasteiger partial charge on any atom is 0.259 e. The second-order valence-corrected chi connectivity index (χ2v) is 5.60. The Morgan fingerprint density at radius 1 is 1.42 bits per heavy atom. The highest BCUT2D eigenvalue weighted by molar-refractivity contribution is 6.33. The summed E-state index contributed by atoms with van der Waals surface area (Å²) in [6, 6.07) is 0.598. The first-order valence-corrected chi connectivity index (χ1v) is 7.10. The van der Waals surface area contributed by atoms with E-state index < -0.39 is 0 Å². The fraction of sp³-hybridized carbons (Fsp3) is 0.692. The van der Waals surface area contributed by atoms with Gasteiger partial charge >= 0.3 is 0 Å². The van der Waals surface area contributed by atoms with E-state index in [0.717, 1.165) is 0 Å². The molecule has 0 saturated carbocycles. The zero-order valence-corrected chi connectivity index (χ0v) is 12.7. The molecule has 0 bridgehead atoms. The van der Waals surface area contributed by atoms with Gasteiger partial charge in [0.1, 0.15) is 5.15 Å². The van der Waals surface area contributed by atoms with E-state index in [-0.39, 0.29) is 5.91 Å². The summed E-state index contributed by atoms with van der Waals surface area (Å²) in [5.74, 6) is -0.0117. The third-order valence-electron chi connectivity index (χ3n) is 3.42. The predicted molar refractivity (Wildman–Crippen MR) is 75.6 cm³/mol. The lowest BCUT2D eigenvalue weighted by molar-refractivity contribution is 0.0673. The standard InChI is InChI=1S/C13H21ClN4O/c1-5-18-12(14)11(10(4)16-18)13(19)17-6-8(2)15-9(3)7-17/h8-9,15H,5-7H2,1-4H3/t8-,9-/m1/s1. The molecule has 1 fully saturated rings. The molecule has 0 radical (unpaired) electrons. The van der Waals surface area contributed by atoms with E-state index in [9.17, 15) is 4.79 Å². The van der Waals surface area contributed by atoms with Gasteiger partial charge < -0.3 is 10.2 Å². The van der Waals surface area contributed by atoms with Crippen molar-refractivity contribution in [1.82, 2.24) is 20.0 Å². The van der Waals surface area contributed by atoms with Crippen molar-refractivity contribution in [3.8, 4) is 0 Å². The van der Waals surface area contributed by atoms with Gasteiger partial charge in [-0.15, -0.1) is 0 Å². The molecule has 1 amide bonds. The van der Waals surface area contributed by atoms with Gasteiger partial charge in [0.2, 0.25) is 0 Å². The molecule has 0 spiro atoms. The van der Waals surface area contributed by atoms with E-state index >= 15 is 0 Å². The minimum absolute atomic E-state index is 0.0117. The lowest BCUT2D eigenvalue weighted by atomic mass is 10.1. The molecular weight excluding hydrogens is 264 g/mol. The van der Waals surface area contributed by atoms with Crippen molar-refractivity contribution in [3.63, 3.8) is 0 Å². The zero-order valence-electron chi connectivity index (χ0n) is 11.9. The maximum absolute atomic E-state index is 12.6. The van der Waals surface area contributed by atoms with Crippen LogP contribution in [0.3, 0.4) is 0 Å². The summed E-state index contributed by atoms with van der Waals surface area (Å²) in [4.78, 5) is 14.5. The molecule has 0 aromatic carbocycles. The van der Waals surface area contributed by atoms with Crippen LogP contribution in [-0.4, -0.2) is 45.8 Å². The minimum atomic E-state index is -0.0117. The summed E-state index contributed by atoms with van der Waals surface area (Å²) in [5, 5.41) is 8.17. The zero-order chi connectivity index (χ0) is 14.2. The Hall–Kier alpha value is -1.07. The Balaban J connectivity index is 2.26. The van der Waals surface area contributed by atoms with Crippen molar-refractivity contribution in [3.05, 3.63) is 16.4 Å². The van der Waals surface area contributed by atoms with E-state index in [0.29, 0.717) is 48.1 Å². The van der Waals surface area contributed by atoms with Gasteiger partial charge in [-0.25, -0.2) is 0 Å². The molecule has 1 N–H and O–H groups in total. The summed E-state index contributed by atoms with van der Waals surface area (Å²) in [5.41, 5.74) is 1.25. The monoisotopic (exact) mass is 284 g/mol. The minimum Gasteiger partial charge on any atom is -0.335 e. The second kappa shape index (κ2) is 5.51. The Morgan fingerprint density at radius 2 is 2.00 bits per heavy atom. The van der Waals surface area contributed by atoms with Gasteiger partial charge in [-0.05, 0) is 27.7 Å². The molecule has 0 aliphatic carbocycles. The molecule has 6 heteroatoms. The van der Waals surface area contributed by atoms with Crippen LogP contribution >= 0.6 is 11.6 Å². The molecule has 106 valence electrons. The number of piperazine rings is 1. The van der Waals surface area contributed by atoms with Crippen LogP contribution < -0.4 is 5.32 Å². The number of aryl methyl sites for hydroxylation is 2. The van der Waals surface area contributed by atoms with E-state index in [4.69, 9.17) is 11.6 Å². The Kier molecular flexibility index (Phi) is 4.16. The maximum atomic E-state index is 12.6. The van der Waals surface area contributed by atoms with Gasteiger partial charge in [0, 0.05) is 31.7 Å². The van der Waals surface area contributed by atoms with Gasteiger partial charge in [0.15, 0.2) is 0 Å². The number of carbonyl (C=O) groups excluding carboxylic acids is 1. The summed E-state index contributed by atoms with van der Waals surface area (Å²) < 4.78 is 1.67. The van der Waals surface area contributed by atoms with Crippen LogP contribution in [0.5, 0.6) is 0 Å². The molecule has 0 unspecified atom stereocenters. The molecule has 1 aromatic rings. The molecule has 1 saturated heterocycles. The molecule has 2 rings (SSSR count). The average molecular weight is 285 g/mol. The Labute approximate surface area is 118 Å². The predicted octanol–water partition coefficient (Wildman–Crippen LogP) is 1.69. The summed E-state index contributed by atoms with van der Waals surface area (Å²) in [6.45, 7) is 10.0. The number of aromatic nitrogens is 2. The fourth-order valence-electron chi connectivity index (χ4n) is 2.66. The first kappa shape index (κ1) is 14.3. The summed E-state index contributed by atoms with van der Waals surface area (Å²) in [7, 11) is 0. The van der Waals surface area contributed by atoms with Gasteiger partial charge in [-0.2, -0.15) is 5.10 Å². The lowest BCUT2D eigenvalue weighted by Crippen LogP contribution is -2.55. The topological polar surface area (TPSA) is 50.2 Å². The van der Waals surface area contributed by atoms with Crippen molar-refractivity contribution in [2.24, 2.45) is 0 Å². The van der Waals surface area contributed by atoms with Crippen molar-refractivity contribution in [1.29, 1.82) is 0 Å². The first-order valence-electron chi connectivity index (χ1n) is 6.72. The van der Waals surface area contributed by atoms with Crippen molar-refractivity contribution >= 4 is 17.5 Å². The van der Waals surface area contributed by atoms with Crippen LogP contribution in [0.15, 0.2) is 0 Å². The molecule has 5 nitrogen and oxygen atoms in total. The highest BCUT2D eigenvalue weighted by Gasteiger charge is 2.29. The fourth-order valence-corrected chi connectivity index (χ4v) is 3.03. The van der Waals surface area contributed by atoms with Crippen LogP contribution in [0.4, 0.5) is 0 Å². The number of rotatable bonds is 2. The van der Waals surface area contributed by atoms with Crippen molar-refractivity contribution in [2.45, 2.75) is 46.3 Å². The Morgan fingerprint density at radius 3 is 2.47 bits per heavy atom. The van der Waals surface area contributed by atoms with Crippen LogP contribution in [-0.2, 0) is 6.54 Å². The van der Waals surface area contributed by atoms with Crippen LogP contribution in [0.1, 0.15) is 36.8 Å². The van der Waals surface area contributed by atoms with Crippen LogP contribution in [0.2, 0.25) is 5.15 Å². The third-order valence-corrected chi connectivity index (χ3v) is 3.81. The van der Waals surface area contributed by atoms with E-state index in [1.54, 1.807) is 4.68 Å². The smallest absolute Gasteiger partial charge is 0.259 e. The number of nitrogens with zero attached hydrogens (tertiary/aromatic N) is 3. The highest BCUT2D eigenvalue weighted by atomic mass is 35.5. The van der Waals surface area contributed by atoms with Gasteiger partial charge in [-0.3, -0.25) is 9.48 Å². The number of nitrogens with one attached hydrogen (secondary N) is 1.